The van der Waals surface area contributed by atoms with Crippen molar-refractivity contribution in [2.24, 2.45) is 4.99 Å². The summed E-state index contributed by atoms with van der Waals surface area (Å²) in [5, 5.41) is 3.28. The van der Waals surface area contributed by atoms with Gasteiger partial charge in [-0.2, -0.15) is 0 Å². The van der Waals surface area contributed by atoms with Crippen molar-refractivity contribution in [3.05, 3.63) is 52.3 Å². The summed E-state index contributed by atoms with van der Waals surface area (Å²) in [6.45, 7) is 4.94. The van der Waals surface area contributed by atoms with Crippen LogP contribution in [0.1, 0.15) is 18.1 Å². The van der Waals surface area contributed by atoms with Crippen LogP contribution in [0, 0.1) is 19.7 Å². The Bertz CT molecular complexity index is 1040. The van der Waals surface area contributed by atoms with Crippen LogP contribution in [-0.4, -0.2) is 32.0 Å². The van der Waals surface area contributed by atoms with Gasteiger partial charge in [0.2, 0.25) is 5.96 Å². The zero-order chi connectivity index (χ0) is 19.9. The van der Waals surface area contributed by atoms with E-state index >= 15 is 0 Å². The Labute approximate surface area is 162 Å². The van der Waals surface area contributed by atoms with Crippen LogP contribution in [0.25, 0.3) is 0 Å². The molecule has 0 radical (unpaired) electrons. The van der Waals surface area contributed by atoms with Gasteiger partial charge < -0.3 is 10.1 Å². The molecule has 1 unspecified atom stereocenters. The first kappa shape index (κ1) is 19.6. The number of guanidine groups is 1. The second-order valence-corrected chi connectivity index (χ2v) is 8.42. The standard InChI is InChI=1S/C18H19ClFN3O3S/c1-10-5-6-13(8-15(10)20)21-18-22-16-9-14(19)11(2)7-17(16)27(24,25)23(18)12(3)26-4/h5-9,12H,1-4H3,(H,21,22). The number of benzene rings is 2. The molecule has 1 N–H and O–H groups in total. The largest absolute Gasteiger partial charge is 0.361 e. The Kier molecular flexibility index (Phi) is 5.16. The number of aliphatic imine (C=N–C) groups is 1. The van der Waals surface area contributed by atoms with E-state index in [9.17, 15) is 12.8 Å². The summed E-state index contributed by atoms with van der Waals surface area (Å²) in [7, 11) is -2.56. The van der Waals surface area contributed by atoms with Crippen LogP contribution < -0.4 is 5.32 Å². The van der Waals surface area contributed by atoms with Gasteiger partial charge in [0, 0.05) is 17.8 Å². The van der Waals surface area contributed by atoms with Gasteiger partial charge in [0.15, 0.2) is 0 Å². The summed E-state index contributed by atoms with van der Waals surface area (Å²) in [4.78, 5) is 4.44. The van der Waals surface area contributed by atoms with Gasteiger partial charge in [-0.25, -0.2) is 22.1 Å². The summed E-state index contributed by atoms with van der Waals surface area (Å²) in [6.07, 6.45) is -0.833. The van der Waals surface area contributed by atoms with Crippen molar-refractivity contribution in [2.75, 3.05) is 12.4 Å². The molecular formula is C18H19ClFN3O3S. The highest BCUT2D eigenvalue weighted by atomic mass is 35.5. The molecule has 3 rings (SSSR count). The first-order valence-corrected chi connectivity index (χ1v) is 9.96. The molecule has 0 saturated carbocycles. The molecule has 1 aliphatic rings. The second kappa shape index (κ2) is 7.10. The molecule has 6 nitrogen and oxygen atoms in total. The lowest BCUT2D eigenvalue weighted by molar-refractivity contribution is 0.0605. The average Bonchev–Trinajstić information content (AvgIpc) is 2.59. The minimum Gasteiger partial charge on any atom is -0.361 e. The SMILES string of the molecule is COC(C)N1C(Nc2ccc(C)c(F)c2)=Nc2cc(Cl)c(C)cc2S1(=O)=O. The van der Waals surface area contributed by atoms with Gasteiger partial charge in [-0.1, -0.05) is 17.7 Å². The van der Waals surface area contributed by atoms with Crippen molar-refractivity contribution in [1.82, 2.24) is 4.31 Å². The molecule has 1 heterocycles. The maximum Gasteiger partial charge on any atom is 0.270 e. The van der Waals surface area contributed by atoms with Crippen molar-refractivity contribution in [2.45, 2.75) is 31.9 Å². The van der Waals surface area contributed by atoms with Gasteiger partial charge in [-0.05, 0) is 56.2 Å². The molecule has 2 aromatic carbocycles. The Morgan fingerprint density at radius 3 is 2.56 bits per heavy atom. The second-order valence-electron chi connectivity index (χ2n) is 6.23. The molecule has 2 aromatic rings. The number of hydrogen-bond acceptors (Lipinski definition) is 5. The van der Waals surface area contributed by atoms with E-state index in [1.54, 1.807) is 32.9 Å². The lowest BCUT2D eigenvalue weighted by atomic mass is 10.2. The van der Waals surface area contributed by atoms with E-state index in [-0.39, 0.29) is 16.5 Å². The van der Waals surface area contributed by atoms with Crippen LogP contribution in [0.5, 0.6) is 0 Å². The van der Waals surface area contributed by atoms with Crippen molar-refractivity contribution >= 4 is 39.0 Å². The fourth-order valence-corrected chi connectivity index (χ4v) is 4.52. The van der Waals surface area contributed by atoms with Crippen LogP contribution in [-0.2, 0) is 14.8 Å². The summed E-state index contributed by atoms with van der Waals surface area (Å²) in [5.41, 5.74) is 1.67. The van der Waals surface area contributed by atoms with Crippen LogP contribution in [0.4, 0.5) is 15.8 Å². The Hall–Kier alpha value is -2.16. The summed E-state index contributed by atoms with van der Waals surface area (Å²) < 4.78 is 46.5. The molecule has 27 heavy (non-hydrogen) atoms. The van der Waals surface area contributed by atoms with E-state index in [4.69, 9.17) is 16.3 Å². The lowest BCUT2D eigenvalue weighted by Crippen LogP contribution is -2.48. The van der Waals surface area contributed by atoms with E-state index in [0.717, 1.165) is 4.31 Å². The number of methoxy groups -OCH3 is 1. The number of sulfonamides is 1. The number of halogens is 2. The highest BCUT2D eigenvalue weighted by Gasteiger charge is 2.38. The highest BCUT2D eigenvalue weighted by Crippen LogP contribution is 2.37. The molecule has 0 bridgehead atoms. The molecule has 0 amide bonds. The number of nitrogens with zero attached hydrogens (tertiary/aromatic N) is 2. The molecular weight excluding hydrogens is 393 g/mol. The van der Waals surface area contributed by atoms with E-state index in [1.165, 1.54) is 25.3 Å². The summed E-state index contributed by atoms with van der Waals surface area (Å²) in [5.74, 6) is -0.412. The van der Waals surface area contributed by atoms with E-state index < -0.39 is 22.1 Å². The minimum absolute atomic E-state index is 0.0000211. The van der Waals surface area contributed by atoms with Crippen molar-refractivity contribution in [3.8, 4) is 0 Å². The molecule has 0 fully saturated rings. The molecule has 144 valence electrons. The summed E-state index contributed by atoms with van der Waals surface area (Å²) in [6, 6.07) is 7.48. The smallest absolute Gasteiger partial charge is 0.270 e. The van der Waals surface area contributed by atoms with Gasteiger partial charge in [0.1, 0.15) is 16.9 Å². The van der Waals surface area contributed by atoms with Crippen molar-refractivity contribution < 1.29 is 17.5 Å². The third-order valence-electron chi connectivity index (χ3n) is 4.31. The molecule has 0 saturated heterocycles. The van der Waals surface area contributed by atoms with E-state index in [0.29, 0.717) is 21.8 Å². The van der Waals surface area contributed by atoms with Crippen molar-refractivity contribution in [3.63, 3.8) is 0 Å². The van der Waals surface area contributed by atoms with Gasteiger partial charge in [0.05, 0.1) is 5.69 Å². The normalized spacial score (nSPS) is 16.5. The van der Waals surface area contributed by atoms with Crippen LogP contribution in [0.3, 0.4) is 0 Å². The van der Waals surface area contributed by atoms with Gasteiger partial charge in [0.25, 0.3) is 10.0 Å². The monoisotopic (exact) mass is 411 g/mol. The Morgan fingerprint density at radius 2 is 1.93 bits per heavy atom. The number of rotatable bonds is 3. The molecule has 1 aliphatic heterocycles. The zero-order valence-electron chi connectivity index (χ0n) is 15.2. The maximum atomic E-state index is 13.9. The van der Waals surface area contributed by atoms with Crippen LogP contribution in [0.15, 0.2) is 40.2 Å². The molecule has 0 aliphatic carbocycles. The molecule has 9 heteroatoms. The topological polar surface area (TPSA) is 71.0 Å². The average molecular weight is 412 g/mol. The first-order valence-electron chi connectivity index (χ1n) is 8.14. The fourth-order valence-electron chi connectivity index (χ4n) is 2.67. The van der Waals surface area contributed by atoms with E-state index in [2.05, 4.69) is 10.3 Å². The molecule has 1 atom stereocenters. The number of ether oxygens (including phenoxy) is 1. The number of fused-ring (bicyclic) bond motifs is 1. The number of nitrogens with one attached hydrogen (secondary N) is 1. The van der Waals surface area contributed by atoms with Crippen LogP contribution in [0.2, 0.25) is 5.02 Å². The number of hydrogen-bond donors (Lipinski definition) is 1. The number of anilines is 1. The van der Waals surface area contributed by atoms with Crippen LogP contribution >= 0.6 is 11.6 Å². The third-order valence-corrected chi connectivity index (χ3v) is 6.59. The third kappa shape index (κ3) is 3.52. The van der Waals surface area contributed by atoms with Gasteiger partial charge in [-0.15, -0.1) is 0 Å². The Morgan fingerprint density at radius 1 is 1.22 bits per heavy atom. The number of aryl methyl sites for hydroxylation is 2. The van der Waals surface area contributed by atoms with Gasteiger partial charge >= 0.3 is 0 Å². The van der Waals surface area contributed by atoms with Crippen molar-refractivity contribution in [1.29, 1.82) is 0 Å². The quantitative estimate of drug-likeness (QED) is 0.821. The highest BCUT2D eigenvalue weighted by molar-refractivity contribution is 7.90. The first-order chi connectivity index (χ1) is 12.6. The zero-order valence-corrected chi connectivity index (χ0v) is 16.8. The lowest BCUT2D eigenvalue weighted by Gasteiger charge is -2.33. The predicted molar refractivity (Wildman–Crippen MR) is 104 cm³/mol. The minimum atomic E-state index is -3.96. The molecule has 0 spiro atoms. The van der Waals surface area contributed by atoms with Gasteiger partial charge in [-0.3, -0.25) is 0 Å². The van der Waals surface area contributed by atoms with E-state index in [1.807, 2.05) is 0 Å². The predicted octanol–water partition coefficient (Wildman–Crippen LogP) is 4.19. The summed E-state index contributed by atoms with van der Waals surface area (Å²) >= 11 is 6.14. The Balaban J connectivity index is 2.16. The molecule has 0 aromatic heterocycles. The maximum absolute atomic E-state index is 13.9. The fraction of sp³-hybridized carbons (Fsp3) is 0.278.